The maximum absolute atomic E-state index is 8.71. The van der Waals surface area contributed by atoms with Gasteiger partial charge in [0.1, 0.15) is 0 Å². The van der Waals surface area contributed by atoms with E-state index in [1.807, 2.05) is 14.0 Å². The van der Waals surface area contributed by atoms with Crippen LogP contribution in [-0.2, 0) is 4.74 Å². The highest BCUT2D eigenvalue weighted by Gasteiger charge is 2.20. The summed E-state index contributed by atoms with van der Waals surface area (Å²) >= 11 is 0. The van der Waals surface area contributed by atoms with Crippen molar-refractivity contribution in [1.82, 2.24) is 10.2 Å². The molecule has 0 aliphatic carbocycles. The summed E-state index contributed by atoms with van der Waals surface area (Å²) < 4.78 is 5.58. The molecule has 4 nitrogen and oxygen atoms in total. The average molecular weight is 197 g/mol. The number of hydrogen-bond donors (Lipinski definition) is 1. The number of hydrogen-bond acceptors (Lipinski definition) is 4. The third kappa shape index (κ3) is 3.62. The maximum atomic E-state index is 8.71. The van der Waals surface area contributed by atoms with E-state index in [2.05, 4.69) is 16.3 Å². The van der Waals surface area contributed by atoms with Crippen molar-refractivity contribution in [3.8, 4) is 6.07 Å². The van der Waals surface area contributed by atoms with Gasteiger partial charge in [0.15, 0.2) is 0 Å². The van der Waals surface area contributed by atoms with Gasteiger partial charge in [-0.15, -0.1) is 0 Å². The molecule has 4 heteroatoms. The molecule has 1 aliphatic rings. The van der Waals surface area contributed by atoms with Crippen LogP contribution in [0.15, 0.2) is 0 Å². The highest BCUT2D eigenvalue weighted by Crippen LogP contribution is 2.07. The monoisotopic (exact) mass is 197 g/mol. The number of rotatable bonds is 4. The molecule has 0 amide bonds. The number of nitriles is 1. The van der Waals surface area contributed by atoms with Crippen LogP contribution in [-0.4, -0.2) is 50.8 Å². The van der Waals surface area contributed by atoms with Crippen LogP contribution in [0, 0.1) is 17.2 Å². The third-order valence-electron chi connectivity index (χ3n) is 2.41. The number of ether oxygens (including phenoxy) is 1. The number of morpholine rings is 1. The van der Waals surface area contributed by atoms with Crippen LogP contribution in [0.5, 0.6) is 0 Å². The highest BCUT2D eigenvalue weighted by atomic mass is 16.5. The molecule has 0 aromatic heterocycles. The summed E-state index contributed by atoms with van der Waals surface area (Å²) in [5.41, 5.74) is 0. The first-order valence-corrected chi connectivity index (χ1v) is 5.14. The molecular weight excluding hydrogens is 178 g/mol. The van der Waals surface area contributed by atoms with Gasteiger partial charge in [-0.05, 0) is 14.0 Å². The van der Waals surface area contributed by atoms with E-state index in [0.717, 1.165) is 32.8 Å². The topological polar surface area (TPSA) is 48.3 Å². The fraction of sp³-hybridized carbons (Fsp3) is 0.900. The highest BCUT2D eigenvalue weighted by molar-refractivity contribution is 4.83. The van der Waals surface area contributed by atoms with Crippen LogP contribution in [0.1, 0.15) is 6.92 Å². The van der Waals surface area contributed by atoms with E-state index < -0.39 is 0 Å². The Morgan fingerprint density at radius 1 is 1.71 bits per heavy atom. The summed E-state index contributed by atoms with van der Waals surface area (Å²) in [6, 6.07) is 2.26. The van der Waals surface area contributed by atoms with Crippen molar-refractivity contribution in [1.29, 1.82) is 5.26 Å². The quantitative estimate of drug-likeness (QED) is 0.692. The van der Waals surface area contributed by atoms with Crippen LogP contribution >= 0.6 is 0 Å². The lowest BCUT2D eigenvalue weighted by Gasteiger charge is -2.33. The van der Waals surface area contributed by atoms with Crippen LogP contribution in [0.2, 0.25) is 0 Å². The van der Waals surface area contributed by atoms with E-state index in [4.69, 9.17) is 10.00 Å². The van der Waals surface area contributed by atoms with Crippen LogP contribution in [0.25, 0.3) is 0 Å². The Bertz CT molecular complexity index is 200. The minimum atomic E-state index is 0.114. The van der Waals surface area contributed by atoms with Gasteiger partial charge in [0.2, 0.25) is 0 Å². The molecule has 80 valence electrons. The summed E-state index contributed by atoms with van der Waals surface area (Å²) in [4.78, 5) is 2.30. The van der Waals surface area contributed by atoms with Gasteiger partial charge >= 0.3 is 0 Å². The summed E-state index contributed by atoms with van der Waals surface area (Å²) in [7, 11) is 1.93. The number of nitrogens with one attached hydrogen (secondary N) is 1. The van der Waals surface area contributed by atoms with Gasteiger partial charge in [-0.2, -0.15) is 5.26 Å². The Morgan fingerprint density at radius 3 is 3.14 bits per heavy atom. The number of nitrogens with zero attached hydrogens (tertiary/aromatic N) is 2. The summed E-state index contributed by atoms with van der Waals surface area (Å²) in [5, 5.41) is 11.8. The molecule has 1 N–H and O–H groups in total. The molecule has 2 atom stereocenters. The van der Waals surface area contributed by atoms with Gasteiger partial charge in [-0.3, -0.25) is 4.90 Å². The molecule has 1 heterocycles. The van der Waals surface area contributed by atoms with Gasteiger partial charge in [0.05, 0.1) is 24.7 Å². The first-order valence-electron chi connectivity index (χ1n) is 5.14. The lowest BCUT2D eigenvalue weighted by Crippen LogP contribution is -2.47. The molecule has 2 unspecified atom stereocenters. The average Bonchev–Trinajstić information content (AvgIpc) is 2.19. The molecule has 1 rings (SSSR count). The number of likely N-dealkylation sites (N-methyl/N-ethyl adjacent to an activating group) is 1. The normalized spacial score (nSPS) is 25.6. The zero-order valence-electron chi connectivity index (χ0n) is 8.99. The Hall–Kier alpha value is -0.630. The Morgan fingerprint density at radius 2 is 2.50 bits per heavy atom. The van der Waals surface area contributed by atoms with E-state index in [1.165, 1.54) is 0 Å². The first-order chi connectivity index (χ1) is 6.76. The van der Waals surface area contributed by atoms with Crippen molar-refractivity contribution >= 4 is 0 Å². The molecule has 0 bridgehead atoms. The standard InChI is InChI=1S/C10H19N3O/c1-9(5-11)7-13-3-4-14-10(8-13)6-12-2/h9-10,12H,3-4,6-8H2,1-2H3. The summed E-state index contributed by atoms with van der Waals surface area (Å²) in [6.07, 6.45) is 0.277. The maximum Gasteiger partial charge on any atom is 0.0826 e. The van der Waals surface area contributed by atoms with E-state index in [1.54, 1.807) is 0 Å². The molecule has 0 radical (unpaired) electrons. The molecule has 0 spiro atoms. The molecule has 0 aromatic rings. The van der Waals surface area contributed by atoms with Gasteiger partial charge in [-0.1, -0.05) is 0 Å². The molecule has 14 heavy (non-hydrogen) atoms. The fourth-order valence-corrected chi connectivity index (χ4v) is 1.73. The first kappa shape index (κ1) is 11.4. The minimum Gasteiger partial charge on any atom is -0.374 e. The fourth-order valence-electron chi connectivity index (χ4n) is 1.73. The predicted molar refractivity (Wildman–Crippen MR) is 54.9 cm³/mol. The molecular formula is C10H19N3O. The van der Waals surface area contributed by atoms with Gasteiger partial charge in [0.25, 0.3) is 0 Å². The smallest absolute Gasteiger partial charge is 0.0826 e. The zero-order chi connectivity index (χ0) is 10.4. The lowest BCUT2D eigenvalue weighted by atomic mass is 10.1. The molecule has 0 aromatic carbocycles. The van der Waals surface area contributed by atoms with E-state index in [-0.39, 0.29) is 12.0 Å². The Balaban J connectivity index is 2.29. The second kappa shape index (κ2) is 5.97. The van der Waals surface area contributed by atoms with E-state index in [0.29, 0.717) is 0 Å². The molecule has 0 saturated carbocycles. The van der Waals surface area contributed by atoms with Gasteiger partial charge < -0.3 is 10.1 Å². The van der Waals surface area contributed by atoms with Gasteiger partial charge in [0, 0.05) is 26.2 Å². The Labute approximate surface area is 85.8 Å². The summed E-state index contributed by atoms with van der Waals surface area (Å²) in [5.74, 6) is 0.114. The van der Waals surface area contributed by atoms with Crippen molar-refractivity contribution in [3.05, 3.63) is 0 Å². The second-order valence-electron chi connectivity index (χ2n) is 3.84. The zero-order valence-corrected chi connectivity index (χ0v) is 8.99. The lowest BCUT2D eigenvalue weighted by molar-refractivity contribution is -0.0283. The van der Waals surface area contributed by atoms with Crippen LogP contribution in [0.3, 0.4) is 0 Å². The van der Waals surface area contributed by atoms with Crippen molar-refractivity contribution in [2.24, 2.45) is 5.92 Å². The van der Waals surface area contributed by atoms with E-state index >= 15 is 0 Å². The molecule has 1 fully saturated rings. The predicted octanol–water partition coefficient (Wildman–Crippen LogP) is 0.0663. The van der Waals surface area contributed by atoms with Gasteiger partial charge in [-0.25, -0.2) is 0 Å². The molecule has 1 aliphatic heterocycles. The van der Waals surface area contributed by atoms with Crippen molar-refractivity contribution in [3.63, 3.8) is 0 Å². The Kier molecular flexibility index (Phi) is 4.88. The van der Waals surface area contributed by atoms with Crippen molar-refractivity contribution in [2.75, 3.05) is 39.8 Å². The minimum absolute atomic E-state index is 0.114. The van der Waals surface area contributed by atoms with Crippen LogP contribution < -0.4 is 5.32 Å². The van der Waals surface area contributed by atoms with E-state index in [9.17, 15) is 0 Å². The third-order valence-corrected chi connectivity index (χ3v) is 2.41. The van der Waals surface area contributed by atoms with Crippen molar-refractivity contribution < 1.29 is 4.74 Å². The van der Waals surface area contributed by atoms with Crippen LogP contribution in [0.4, 0.5) is 0 Å². The van der Waals surface area contributed by atoms with Crippen molar-refractivity contribution in [2.45, 2.75) is 13.0 Å². The SMILES string of the molecule is CNCC1CN(CC(C)C#N)CCO1. The largest absolute Gasteiger partial charge is 0.374 e. The molecule has 1 saturated heterocycles. The summed E-state index contributed by atoms with van der Waals surface area (Å²) in [6.45, 7) is 6.38. The second-order valence-corrected chi connectivity index (χ2v) is 3.84.